The number of carbonyl (C=O) groups excluding carboxylic acids is 1. The molecule has 0 amide bonds. The van der Waals surface area contributed by atoms with Crippen molar-refractivity contribution in [3.05, 3.63) is 120 Å². The van der Waals surface area contributed by atoms with Crippen LogP contribution in [0.4, 0.5) is 17.1 Å². The lowest BCUT2D eigenvalue weighted by molar-refractivity contribution is 0.0498. The van der Waals surface area contributed by atoms with E-state index in [-0.39, 0.29) is 5.97 Å². The maximum absolute atomic E-state index is 13.7. The molecular formula is C48H55N4O5+. The molecule has 0 bridgehead atoms. The molecule has 1 aliphatic heterocycles. The summed E-state index contributed by atoms with van der Waals surface area (Å²) in [4.78, 5) is 16.0. The number of ether oxygens (including phenoxy) is 3. The van der Waals surface area contributed by atoms with E-state index in [1.54, 1.807) is 0 Å². The van der Waals surface area contributed by atoms with Crippen molar-refractivity contribution < 1.29 is 23.4 Å². The van der Waals surface area contributed by atoms with E-state index in [0.29, 0.717) is 25.4 Å². The summed E-state index contributed by atoms with van der Waals surface area (Å²) >= 11 is 0. The maximum atomic E-state index is 13.7. The lowest BCUT2D eigenvalue weighted by Crippen LogP contribution is -2.29. The minimum atomic E-state index is -0.321. The number of rotatable bonds is 19. The van der Waals surface area contributed by atoms with Crippen molar-refractivity contribution in [2.75, 3.05) is 50.9 Å². The highest BCUT2D eigenvalue weighted by Crippen LogP contribution is 2.42. The van der Waals surface area contributed by atoms with Crippen LogP contribution in [0.3, 0.4) is 0 Å². The topological polar surface area (TPSA) is 88.9 Å². The van der Waals surface area contributed by atoms with Crippen molar-refractivity contribution in [3.8, 4) is 33.9 Å². The van der Waals surface area contributed by atoms with Crippen LogP contribution < -0.4 is 24.3 Å². The molecule has 0 fully saturated rings. The van der Waals surface area contributed by atoms with Crippen molar-refractivity contribution in [1.82, 2.24) is 4.58 Å². The number of hydrogen-bond donors (Lipinski definition) is 0. The Labute approximate surface area is 336 Å². The Morgan fingerprint density at radius 3 is 1.96 bits per heavy atom. The van der Waals surface area contributed by atoms with Crippen LogP contribution in [-0.2, 0) is 4.74 Å². The van der Waals surface area contributed by atoms with Gasteiger partial charge in [-0.05, 0) is 139 Å². The summed E-state index contributed by atoms with van der Waals surface area (Å²) in [5.74, 6) is 2.07. The van der Waals surface area contributed by atoms with Gasteiger partial charge in [0.05, 0.1) is 42.8 Å². The maximum Gasteiger partial charge on any atom is 0.338 e. The van der Waals surface area contributed by atoms with Gasteiger partial charge < -0.3 is 23.5 Å². The van der Waals surface area contributed by atoms with Crippen LogP contribution >= 0.6 is 0 Å². The first-order valence-electron chi connectivity index (χ1n) is 20.4. The second-order valence-electron chi connectivity index (χ2n) is 13.7. The molecule has 9 nitrogen and oxygen atoms in total. The van der Waals surface area contributed by atoms with E-state index in [1.807, 2.05) is 79.7 Å². The molecule has 9 heteroatoms. The lowest BCUT2D eigenvalue weighted by Gasteiger charge is -2.22. The van der Waals surface area contributed by atoms with Crippen LogP contribution in [0, 0.1) is 0 Å². The largest absolute Gasteiger partial charge is 0.494 e. The van der Waals surface area contributed by atoms with Gasteiger partial charge in [0.15, 0.2) is 0 Å². The number of nitrogens with zero attached hydrogens (tertiary/aromatic N) is 4. The van der Waals surface area contributed by atoms with Gasteiger partial charge in [-0.2, -0.15) is 10.2 Å². The summed E-state index contributed by atoms with van der Waals surface area (Å²) in [7, 11) is 0. The third kappa shape index (κ3) is 10.3. The molecule has 0 unspecified atom stereocenters. The first kappa shape index (κ1) is 40.7. The van der Waals surface area contributed by atoms with Gasteiger partial charge >= 0.3 is 5.97 Å². The predicted octanol–water partition coefficient (Wildman–Crippen LogP) is 11.5. The van der Waals surface area contributed by atoms with Crippen LogP contribution in [0.15, 0.2) is 124 Å². The summed E-state index contributed by atoms with van der Waals surface area (Å²) in [5.41, 5.74) is 6.71. The Bertz CT molecular complexity index is 2290. The summed E-state index contributed by atoms with van der Waals surface area (Å²) in [6.07, 6.45) is 3.59. The number of carbonyl (C=O) groups is 1. The molecular weight excluding hydrogens is 713 g/mol. The second kappa shape index (κ2) is 20.3. The van der Waals surface area contributed by atoms with Gasteiger partial charge in [-0.15, -0.1) is 0 Å². The van der Waals surface area contributed by atoms with Gasteiger partial charge in [-0.3, -0.25) is 0 Å². The van der Waals surface area contributed by atoms with E-state index >= 15 is 0 Å². The zero-order valence-corrected chi connectivity index (χ0v) is 34.0. The van der Waals surface area contributed by atoms with Crippen LogP contribution in [0.5, 0.6) is 11.5 Å². The van der Waals surface area contributed by atoms with Gasteiger partial charge in [0.1, 0.15) is 35.9 Å². The normalized spacial score (nSPS) is 11.3. The van der Waals surface area contributed by atoms with E-state index in [0.717, 1.165) is 119 Å². The van der Waals surface area contributed by atoms with Gasteiger partial charge in [-0.25, -0.2) is 9.37 Å². The van der Waals surface area contributed by atoms with E-state index in [4.69, 9.17) is 18.6 Å². The van der Waals surface area contributed by atoms with Crippen LogP contribution in [0.2, 0.25) is 0 Å². The Balaban J connectivity index is 1.06. The highest BCUT2D eigenvalue weighted by molar-refractivity contribution is 6.08. The van der Waals surface area contributed by atoms with Gasteiger partial charge in [-0.1, -0.05) is 18.2 Å². The molecule has 57 heavy (non-hydrogen) atoms. The smallest absolute Gasteiger partial charge is 0.338 e. The molecule has 6 rings (SSSR count). The molecule has 0 atom stereocenters. The number of esters is 1. The van der Waals surface area contributed by atoms with E-state index in [1.165, 1.54) is 0 Å². The minimum absolute atomic E-state index is 0.321. The molecule has 4 aromatic rings. The Morgan fingerprint density at radius 1 is 0.667 bits per heavy atom. The summed E-state index contributed by atoms with van der Waals surface area (Å²) in [6.45, 7) is 15.8. The number of benzene rings is 5. The van der Waals surface area contributed by atoms with Crippen LogP contribution in [0.1, 0.15) is 70.7 Å². The number of azo groups is 1. The summed E-state index contributed by atoms with van der Waals surface area (Å²) < 4.78 is 26.3. The SMILES string of the molecule is CCOc1ccc(N=Nc2ccc(OCCCCCCOC(=O)c3ccccc3-c3c4ccc(=[N+](CC)CC)cc-4oc4cc(N(CC)CC)ccc34)cc2)cc1. The third-order valence-corrected chi connectivity index (χ3v) is 10.2. The van der Waals surface area contributed by atoms with Crippen molar-refractivity contribution in [3.63, 3.8) is 0 Å². The molecule has 2 aliphatic rings. The molecule has 0 saturated heterocycles. The fourth-order valence-electron chi connectivity index (χ4n) is 7.10. The predicted molar refractivity (Wildman–Crippen MR) is 231 cm³/mol. The second-order valence-corrected chi connectivity index (χ2v) is 13.7. The molecule has 0 radical (unpaired) electrons. The molecule has 0 aromatic heterocycles. The zero-order chi connectivity index (χ0) is 40.0. The Kier molecular flexibility index (Phi) is 14.5. The fraction of sp³-hybridized carbons (Fsp3) is 0.333. The molecule has 4 aromatic carbocycles. The van der Waals surface area contributed by atoms with Crippen molar-refractivity contribution >= 4 is 34.0 Å². The average molecular weight is 768 g/mol. The first-order valence-corrected chi connectivity index (χ1v) is 20.4. The Hall–Kier alpha value is -5.96. The zero-order valence-electron chi connectivity index (χ0n) is 34.0. The van der Waals surface area contributed by atoms with E-state index in [2.05, 4.69) is 83.8 Å². The van der Waals surface area contributed by atoms with Crippen molar-refractivity contribution in [2.45, 2.75) is 60.3 Å². The summed E-state index contributed by atoms with van der Waals surface area (Å²) in [6, 6.07) is 35.7. The molecule has 0 N–H and O–H groups in total. The van der Waals surface area contributed by atoms with E-state index < -0.39 is 0 Å². The lowest BCUT2D eigenvalue weighted by atomic mass is 9.90. The van der Waals surface area contributed by atoms with Crippen LogP contribution in [0.25, 0.3) is 33.4 Å². The molecule has 0 saturated carbocycles. The molecule has 0 spiro atoms. The average Bonchev–Trinajstić information content (AvgIpc) is 3.24. The highest BCUT2D eigenvalue weighted by Gasteiger charge is 2.23. The molecule has 1 heterocycles. The minimum Gasteiger partial charge on any atom is -0.494 e. The van der Waals surface area contributed by atoms with Gasteiger partial charge in [0.2, 0.25) is 5.36 Å². The number of anilines is 1. The Morgan fingerprint density at radius 2 is 1.32 bits per heavy atom. The van der Waals surface area contributed by atoms with Gasteiger partial charge in [0.25, 0.3) is 0 Å². The number of hydrogen-bond acceptors (Lipinski definition) is 8. The molecule has 296 valence electrons. The summed E-state index contributed by atoms with van der Waals surface area (Å²) in [5, 5.41) is 10.7. The van der Waals surface area contributed by atoms with Crippen LogP contribution in [-0.4, -0.2) is 52.0 Å². The number of fused-ring (bicyclic) bond motifs is 2. The number of unbranched alkanes of at least 4 members (excludes halogenated alkanes) is 3. The molecule has 1 aliphatic carbocycles. The highest BCUT2D eigenvalue weighted by atomic mass is 16.5. The van der Waals surface area contributed by atoms with Gasteiger partial charge in [0, 0.05) is 47.4 Å². The fourth-order valence-corrected chi connectivity index (χ4v) is 7.10. The van der Waals surface area contributed by atoms with Crippen molar-refractivity contribution in [1.29, 1.82) is 0 Å². The quantitative estimate of drug-likeness (QED) is 0.0268. The van der Waals surface area contributed by atoms with E-state index in [9.17, 15) is 4.79 Å². The first-order chi connectivity index (χ1) is 28.0. The standard InChI is InChI=1S/C48H55N4O5/c1-6-51(7-2)37-23-29-43-45(33-37)57-46-34-38(52(8-3)9-4)24-30-44(46)47(43)41-17-13-14-18-42(41)48(53)56-32-16-12-11-15-31-55-40-27-21-36(22-28-40)50-49-35-19-25-39(26-20-35)54-10-5/h13-14,17-30,33-34H,6-12,15-16,31-32H2,1-5H3/q+1. The third-order valence-electron chi connectivity index (χ3n) is 10.2. The monoisotopic (exact) mass is 767 g/mol. The van der Waals surface area contributed by atoms with Crippen molar-refractivity contribution in [2.24, 2.45) is 10.2 Å².